The average molecular weight is 193 g/mol. The smallest absolute Gasteiger partial charge is 0.223 e. The third-order valence-electron chi connectivity index (χ3n) is 2.53. The molecule has 1 fully saturated rings. The summed E-state index contributed by atoms with van der Waals surface area (Å²) in [6, 6.07) is 6.44. The molecule has 1 aliphatic rings. The van der Waals surface area contributed by atoms with Crippen LogP contribution in [0.2, 0.25) is 0 Å². The van der Waals surface area contributed by atoms with Gasteiger partial charge in [0.2, 0.25) is 5.91 Å². The molecule has 0 bridgehead atoms. The number of rotatable bonds is 2. The van der Waals surface area contributed by atoms with Crippen LogP contribution in [0.5, 0.6) is 0 Å². The van der Waals surface area contributed by atoms with Gasteiger partial charge in [-0.1, -0.05) is 12.1 Å². The van der Waals surface area contributed by atoms with E-state index in [1.807, 2.05) is 6.07 Å². The monoisotopic (exact) mass is 193 g/mol. The first-order valence-electron chi connectivity index (χ1n) is 4.78. The molecule has 14 heavy (non-hydrogen) atoms. The van der Waals surface area contributed by atoms with Crippen LogP contribution >= 0.6 is 0 Å². The number of carbonyl (C=O) groups is 1. The van der Waals surface area contributed by atoms with Crippen LogP contribution < -0.4 is 5.32 Å². The summed E-state index contributed by atoms with van der Waals surface area (Å²) in [6.45, 7) is 0.749. The first-order chi connectivity index (χ1) is 6.75. The van der Waals surface area contributed by atoms with Crippen molar-refractivity contribution in [3.05, 3.63) is 35.6 Å². The van der Waals surface area contributed by atoms with E-state index in [1.54, 1.807) is 6.07 Å². The lowest BCUT2D eigenvalue weighted by atomic mass is 9.98. The van der Waals surface area contributed by atoms with Gasteiger partial charge in [-0.05, 0) is 30.5 Å². The normalized spacial score (nSPS) is 20.9. The summed E-state index contributed by atoms with van der Waals surface area (Å²) in [4.78, 5) is 11.3. The van der Waals surface area contributed by atoms with E-state index in [0.717, 1.165) is 18.5 Å². The van der Waals surface area contributed by atoms with E-state index >= 15 is 0 Å². The van der Waals surface area contributed by atoms with Gasteiger partial charge in [-0.3, -0.25) is 4.79 Å². The summed E-state index contributed by atoms with van der Waals surface area (Å²) in [5.74, 6) is -0.119. The van der Waals surface area contributed by atoms with E-state index in [9.17, 15) is 9.18 Å². The molecule has 1 saturated heterocycles. The van der Waals surface area contributed by atoms with Gasteiger partial charge in [0.25, 0.3) is 0 Å². The van der Waals surface area contributed by atoms with Crippen LogP contribution in [-0.2, 0) is 11.2 Å². The Morgan fingerprint density at radius 1 is 1.50 bits per heavy atom. The standard InChI is InChI=1S/C11H12FNO/c12-10-3-1-2-8(7-10)6-9-4-5-13-11(9)14/h1-3,7,9H,4-6H2,(H,13,14). The zero-order valence-corrected chi connectivity index (χ0v) is 7.79. The quantitative estimate of drug-likeness (QED) is 0.757. The minimum atomic E-state index is -0.235. The summed E-state index contributed by atoms with van der Waals surface area (Å²) in [6.07, 6.45) is 1.50. The van der Waals surface area contributed by atoms with Crippen molar-refractivity contribution >= 4 is 5.91 Å². The summed E-state index contributed by atoms with van der Waals surface area (Å²) < 4.78 is 12.8. The number of amides is 1. The van der Waals surface area contributed by atoms with Gasteiger partial charge in [-0.25, -0.2) is 4.39 Å². The van der Waals surface area contributed by atoms with Crippen LogP contribution in [0.1, 0.15) is 12.0 Å². The van der Waals surface area contributed by atoms with Crippen molar-refractivity contribution < 1.29 is 9.18 Å². The number of hydrogen-bond acceptors (Lipinski definition) is 1. The van der Waals surface area contributed by atoms with Crippen LogP contribution in [0.25, 0.3) is 0 Å². The summed E-state index contributed by atoms with van der Waals surface area (Å²) in [5, 5.41) is 2.77. The molecule has 1 unspecified atom stereocenters. The van der Waals surface area contributed by atoms with Crippen LogP contribution in [-0.4, -0.2) is 12.5 Å². The molecule has 2 rings (SSSR count). The Morgan fingerprint density at radius 2 is 2.36 bits per heavy atom. The Kier molecular flexibility index (Phi) is 2.48. The highest BCUT2D eigenvalue weighted by Gasteiger charge is 2.23. The summed E-state index contributed by atoms with van der Waals surface area (Å²) >= 11 is 0. The third kappa shape index (κ3) is 1.92. The van der Waals surface area contributed by atoms with E-state index in [1.165, 1.54) is 12.1 Å². The number of carbonyl (C=O) groups excluding carboxylic acids is 1. The Morgan fingerprint density at radius 3 is 3.00 bits per heavy atom. The predicted molar refractivity (Wildman–Crippen MR) is 51.2 cm³/mol. The highest BCUT2D eigenvalue weighted by molar-refractivity contribution is 5.80. The van der Waals surface area contributed by atoms with Crippen LogP contribution in [0.15, 0.2) is 24.3 Å². The van der Waals surface area contributed by atoms with E-state index in [0.29, 0.717) is 6.42 Å². The van der Waals surface area contributed by atoms with Gasteiger partial charge in [0.05, 0.1) is 0 Å². The van der Waals surface area contributed by atoms with Gasteiger partial charge in [0.15, 0.2) is 0 Å². The lowest BCUT2D eigenvalue weighted by Crippen LogP contribution is -2.20. The Labute approximate surface area is 82.1 Å². The van der Waals surface area contributed by atoms with Gasteiger partial charge in [0.1, 0.15) is 5.82 Å². The lowest BCUT2D eigenvalue weighted by Gasteiger charge is -2.06. The maximum Gasteiger partial charge on any atom is 0.223 e. The second-order valence-corrected chi connectivity index (χ2v) is 3.61. The van der Waals surface area contributed by atoms with Crippen molar-refractivity contribution in [3.63, 3.8) is 0 Å². The van der Waals surface area contributed by atoms with Crippen molar-refractivity contribution in [2.24, 2.45) is 5.92 Å². The van der Waals surface area contributed by atoms with E-state index in [2.05, 4.69) is 5.32 Å². The Bertz CT molecular complexity index is 351. The number of nitrogens with one attached hydrogen (secondary N) is 1. The number of hydrogen-bond donors (Lipinski definition) is 1. The topological polar surface area (TPSA) is 29.1 Å². The fourth-order valence-corrected chi connectivity index (χ4v) is 1.79. The van der Waals surface area contributed by atoms with Crippen LogP contribution in [0, 0.1) is 11.7 Å². The Hall–Kier alpha value is -1.38. The molecular weight excluding hydrogens is 181 g/mol. The zero-order valence-electron chi connectivity index (χ0n) is 7.79. The second-order valence-electron chi connectivity index (χ2n) is 3.61. The summed E-state index contributed by atoms with van der Waals surface area (Å²) in [7, 11) is 0. The second kappa shape index (κ2) is 3.78. The molecular formula is C11H12FNO. The van der Waals surface area contributed by atoms with E-state index < -0.39 is 0 Å². The molecule has 74 valence electrons. The summed E-state index contributed by atoms with van der Waals surface area (Å²) in [5.41, 5.74) is 0.895. The van der Waals surface area contributed by atoms with Gasteiger partial charge in [-0.2, -0.15) is 0 Å². The minimum Gasteiger partial charge on any atom is -0.356 e. The fraction of sp³-hybridized carbons (Fsp3) is 0.364. The molecule has 0 radical (unpaired) electrons. The molecule has 1 heterocycles. The molecule has 1 aliphatic heterocycles. The van der Waals surface area contributed by atoms with Crippen LogP contribution in [0.3, 0.4) is 0 Å². The highest BCUT2D eigenvalue weighted by Crippen LogP contribution is 2.16. The first kappa shape index (κ1) is 9.19. The van der Waals surface area contributed by atoms with Crippen molar-refractivity contribution in [3.8, 4) is 0 Å². The number of halogens is 1. The van der Waals surface area contributed by atoms with E-state index in [4.69, 9.17) is 0 Å². The van der Waals surface area contributed by atoms with Gasteiger partial charge in [0, 0.05) is 12.5 Å². The van der Waals surface area contributed by atoms with Crippen molar-refractivity contribution in [1.29, 1.82) is 0 Å². The SMILES string of the molecule is O=C1NCCC1Cc1cccc(F)c1. The first-order valence-corrected chi connectivity index (χ1v) is 4.78. The highest BCUT2D eigenvalue weighted by atomic mass is 19.1. The molecule has 0 aliphatic carbocycles. The third-order valence-corrected chi connectivity index (χ3v) is 2.53. The molecule has 1 aromatic carbocycles. The predicted octanol–water partition coefficient (Wildman–Crippen LogP) is 1.50. The van der Waals surface area contributed by atoms with E-state index in [-0.39, 0.29) is 17.6 Å². The molecule has 2 nitrogen and oxygen atoms in total. The molecule has 1 amide bonds. The van der Waals surface area contributed by atoms with Crippen LogP contribution in [0.4, 0.5) is 4.39 Å². The van der Waals surface area contributed by atoms with Crippen molar-refractivity contribution in [2.45, 2.75) is 12.8 Å². The average Bonchev–Trinajstić information content (AvgIpc) is 2.52. The molecule has 0 spiro atoms. The fourth-order valence-electron chi connectivity index (χ4n) is 1.79. The van der Waals surface area contributed by atoms with Crippen molar-refractivity contribution in [1.82, 2.24) is 5.32 Å². The van der Waals surface area contributed by atoms with Gasteiger partial charge < -0.3 is 5.32 Å². The molecule has 0 aromatic heterocycles. The Balaban J connectivity index is 2.07. The molecule has 0 saturated carbocycles. The molecule has 1 aromatic rings. The minimum absolute atomic E-state index is 0.0248. The molecule has 1 N–H and O–H groups in total. The zero-order chi connectivity index (χ0) is 9.97. The van der Waals surface area contributed by atoms with Crippen molar-refractivity contribution in [2.75, 3.05) is 6.54 Å². The largest absolute Gasteiger partial charge is 0.356 e. The molecule has 1 atom stereocenters. The maximum absolute atomic E-state index is 12.8. The van der Waals surface area contributed by atoms with Gasteiger partial charge in [-0.15, -0.1) is 0 Å². The van der Waals surface area contributed by atoms with Gasteiger partial charge >= 0.3 is 0 Å². The molecule has 3 heteroatoms. The maximum atomic E-state index is 12.8. The number of benzene rings is 1. The lowest BCUT2D eigenvalue weighted by molar-refractivity contribution is -0.122.